The summed E-state index contributed by atoms with van der Waals surface area (Å²) in [5.41, 5.74) is 1.79. The maximum absolute atomic E-state index is 13.3. The first-order valence-electron chi connectivity index (χ1n) is 13.1. The molecule has 3 aliphatic heterocycles. The minimum absolute atomic E-state index is 0.0572. The van der Waals surface area contributed by atoms with Crippen LogP contribution >= 0.6 is 11.8 Å². The maximum atomic E-state index is 13.3. The number of fused-ring (bicyclic) bond motifs is 1. The van der Waals surface area contributed by atoms with E-state index < -0.39 is 33.3 Å². The number of nitro groups is 1. The van der Waals surface area contributed by atoms with Crippen LogP contribution in [-0.4, -0.2) is 79.7 Å². The highest BCUT2D eigenvalue weighted by Crippen LogP contribution is 2.52. The van der Waals surface area contributed by atoms with Crippen molar-refractivity contribution in [1.29, 1.82) is 0 Å². The van der Waals surface area contributed by atoms with Gasteiger partial charge >= 0.3 is 16.4 Å². The summed E-state index contributed by atoms with van der Waals surface area (Å²) in [6, 6.07) is 11.9. The molecule has 232 valence electrons. The van der Waals surface area contributed by atoms with Crippen LogP contribution in [0, 0.1) is 27.8 Å². The molecule has 2 saturated heterocycles. The standard InChI is InChI=1S/C27H28FN3O6S.H2O4S/c1-15-23-22(16(2)32)26(33)30(23)24(27(34)37-14-18-5-9-20(10-6-18)31(35)36)25(15)38-21-12-29(13-21)11-17-3-7-19(28)8-4-17;1-5(2,3)4/h3-10,15-16,21-23,32H,11-14H2,1-2H3;(H2,1,2,3,4)/t15-,16-,22-,23-;/m1./s1. The van der Waals surface area contributed by atoms with Gasteiger partial charge in [0.25, 0.3) is 5.69 Å². The van der Waals surface area contributed by atoms with Crippen LogP contribution in [0.25, 0.3) is 0 Å². The normalized spacial score (nSPS) is 22.6. The third-order valence-electron chi connectivity index (χ3n) is 7.36. The number of aliphatic hydroxyl groups excluding tert-OH is 1. The van der Waals surface area contributed by atoms with E-state index in [0.717, 1.165) is 23.6 Å². The van der Waals surface area contributed by atoms with Gasteiger partial charge in [-0.25, -0.2) is 9.18 Å². The highest BCUT2D eigenvalue weighted by Gasteiger charge is 2.60. The average molecular weight is 640 g/mol. The minimum Gasteiger partial charge on any atom is -0.456 e. The van der Waals surface area contributed by atoms with Crippen molar-refractivity contribution in [3.63, 3.8) is 0 Å². The van der Waals surface area contributed by atoms with Crippen LogP contribution in [0.4, 0.5) is 10.1 Å². The summed E-state index contributed by atoms with van der Waals surface area (Å²) >= 11 is 1.57. The van der Waals surface area contributed by atoms with Crippen LogP contribution < -0.4 is 0 Å². The molecule has 3 aliphatic rings. The molecule has 0 spiro atoms. The molecule has 0 saturated carbocycles. The largest absolute Gasteiger partial charge is 0.456 e. The van der Waals surface area contributed by atoms with Crippen molar-refractivity contribution in [3.8, 4) is 0 Å². The van der Waals surface area contributed by atoms with Gasteiger partial charge < -0.3 is 14.7 Å². The van der Waals surface area contributed by atoms with Crippen molar-refractivity contribution in [3.05, 3.63) is 86.2 Å². The van der Waals surface area contributed by atoms with Crippen molar-refractivity contribution in [2.45, 2.75) is 44.4 Å². The predicted octanol–water partition coefficient (Wildman–Crippen LogP) is 2.81. The van der Waals surface area contributed by atoms with E-state index in [1.807, 2.05) is 6.92 Å². The molecule has 0 aliphatic carbocycles. The molecule has 1 amide bonds. The second-order valence-electron chi connectivity index (χ2n) is 10.5. The lowest BCUT2D eigenvalue weighted by Gasteiger charge is -2.46. The lowest BCUT2D eigenvalue weighted by atomic mass is 9.79. The molecule has 2 aromatic carbocycles. The predicted molar refractivity (Wildman–Crippen MR) is 152 cm³/mol. The molecule has 0 unspecified atom stereocenters. The first kappa shape index (κ1) is 32.5. The fourth-order valence-electron chi connectivity index (χ4n) is 5.35. The van der Waals surface area contributed by atoms with E-state index in [2.05, 4.69) is 4.90 Å². The number of non-ortho nitro benzene ring substituents is 1. The summed E-state index contributed by atoms with van der Waals surface area (Å²) in [5, 5.41) is 21.3. The molecule has 0 bridgehead atoms. The van der Waals surface area contributed by atoms with E-state index in [0.29, 0.717) is 12.1 Å². The van der Waals surface area contributed by atoms with Crippen molar-refractivity contribution >= 4 is 39.7 Å². The van der Waals surface area contributed by atoms with E-state index in [9.17, 15) is 29.2 Å². The fraction of sp³-hybridized carbons (Fsp3) is 0.407. The molecule has 0 aromatic heterocycles. The number of aliphatic hydroxyl groups is 1. The summed E-state index contributed by atoms with van der Waals surface area (Å²) in [6.45, 7) is 5.72. The third kappa shape index (κ3) is 7.76. The number of β-lactam (4-membered cyclic amide) rings is 1. The molecule has 2 fully saturated rings. The highest BCUT2D eigenvalue weighted by atomic mass is 32.3. The topological polar surface area (TPSA) is 188 Å². The van der Waals surface area contributed by atoms with E-state index >= 15 is 0 Å². The second kappa shape index (κ2) is 13.1. The van der Waals surface area contributed by atoms with E-state index in [1.165, 1.54) is 41.3 Å². The number of likely N-dealkylation sites (tertiary alicyclic amines) is 1. The molecule has 13 nitrogen and oxygen atoms in total. The molecule has 5 rings (SSSR count). The number of nitro benzene ring substituents is 1. The number of benzene rings is 2. The number of hydrogen-bond donors (Lipinski definition) is 3. The zero-order valence-corrected chi connectivity index (χ0v) is 24.7. The van der Waals surface area contributed by atoms with Crippen LogP contribution in [0.5, 0.6) is 0 Å². The van der Waals surface area contributed by atoms with Crippen molar-refractivity contribution in [1.82, 2.24) is 9.80 Å². The summed E-state index contributed by atoms with van der Waals surface area (Å²) in [5.74, 6) is -1.89. The number of thioether (sulfide) groups is 1. The smallest absolute Gasteiger partial charge is 0.394 e. The van der Waals surface area contributed by atoms with E-state index in [1.54, 1.807) is 30.8 Å². The van der Waals surface area contributed by atoms with Crippen molar-refractivity contribution in [2.75, 3.05) is 13.1 Å². The molecule has 3 heterocycles. The third-order valence-corrected chi connectivity index (χ3v) is 8.81. The van der Waals surface area contributed by atoms with E-state index in [4.69, 9.17) is 22.3 Å². The van der Waals surface area contributed by atoms with Gasteiger partial charge in [-0.05, 0) is 42.3 Å². The van der Waals surface area contributed by atoms with Gasteiger partial charge in [0.15, 0.2) is 0 Å². The van der Waals surface area contributed by atoms with Crippen LogP contribution in [-0.2, 0) is 37.9 Å². The highest BCUT2D eigenvalue weighted by molar-refractivity contribution is 8.03. The zero-order chi connectivity index (χ0) is 31.6. The Balaban J connectivity index is 0.000000782. The Labute approximate surface area is 251 Å². The SMILES string of the molecule is C[C@@H](O)[C@H]1C(=O)N2C(C(=O)OCc3ccc([N+](=O)[O-])cc3)=C(SC3CN(Cc4ccc(F)cc4)C3)[C@H](C)[C@H]12.O=S(=O)(O)O. The number of carbonyl (C=O) groups is 2. The minimum atomic E-state index is -4.67. The first-order valence-corrected chi connectivity index (χ1v) is 15.4. The van der Waals surface area contributed by atoms with Gasteiger partial charge in [0.2, 0.25) is 5.91 Å². The van der Waals surface area contributed by atoms with Gasteiger partial charge in [-0.3, -0.25) is 28.9 Å². The Kier molecular flexibility index (Phi) is 9.88. The van der Waals surface area contributed by atoms with Gasteiger partial charge in [0.05, 0.1) is 23.0 Å². The van der Waals surface area contributed by atoms with Gasteiger partial charge in [-0.1, -0.05) is 19.1 Å². The fourth-order valence-corrected chi connectivity index (χ4v) is 6.93. The molecule has 3 N–H and O–H groups in total. The number of ether oxygens (including phenoxy) is 1. The van der Waals surface area contributed by atoms with Crippen molar-refractivity contribution in [2.24, 2.45) is 11.8 Å². The lowest BCUT2D eigenvalue weighted by molar-refractivity contribution is -0.384. The van der Waals surface area contributed by atoms with E-state index in [-0.39, 0.29) is 46.9 Å². The number of amides is 1. The molecule has 0 radical (unpaired) electrons. The van der Waals surface area contributed by atoms with Crippen LogP contribution in [0.2, 0.25) is 0 Å². The Morgan fingerprint density at radius 1 is 1.14 bits per heavy atom. The Hall–Kier alpha value is -3.41. The number of nitrogens with zero attached hydrogens (tertiary/aromatic N) is 3. The van der Waals surface area contributed by atoms with Gasteiger partial charge in [0, 0.05) is 47.8 Å². The maximum Gasteiger partial charge on any atom is 0.394 e. The van der Waals surface area contributed by atoms with Crippen LogP contribution in [0.1, 0.15) is 25.0 Å². The van der Waals surface area contributed by atoms with Gasteiger partial charge in [-0.15, -0.1) is 11.8 Å². The molecule has 2 aromatic rings. The molecular formula is C27H30FN3O10S2. The second-order valence-corrected chi connectivity index (χ2v) is 12.7. The Morgan fingerprint density at radius 2 is 1.70 bits per heavy atom. The number of carbonyl (C=O) groups excluding carboxylic acids is 2. The summed E-state index contributed by atoms with van der Waals surface area (Å²) < 4.78 is 50.3. The number of esters is 1. The van der Waals surface area contributed by atoms with Gasteiger partial charge in [0.1, 0.15) is 18.1 Å². The molecule has 43 heavy (non-hydrogen) atoms. The zero-order valence-electron chi connectivity index (χ0n) is 23.1. The number of hydrogen-bond acceptors (Lipinski definition) is 10. The summed E-state index contributed by atoms with van der Waals surface area (Å²) in [6.07, 6.45) is -0.831. The van der Waals surface area contributed by atoms with Crippen LogP contribution in [0.3, 0.4) is 0 Å². The van der Waals surface area contributed by atoms with Crippen molar-refractivity contribution < 1.29 is 46.3 Å². The molecular weight excluding hydrogens is 609 g/mol. The Bertz CT molecular complexity index is 1500. The van der Waals surface area contributed by atoms with Gasteiger partial charge in [-0.2, -0.15) is 8.42 Å². The Morgan fingerprint density at radius 3 is 2.23 bits per heavy atom. The number of halogens is 1. The first-order chi connectivity index (χ1) is 20.1. The molecule has 16 heteroatoms. The summed E-state index contributed by atoms with van der Waals surface area (Å²) in [4.78, 5) is 41.1. The quantitative estimate of drug-likeness (QED) is 0.120. The average Bonchev–Trinajstić information content (AvgIpc) is 3.13. The monoisotopic (exact) mass is 639 g/mol. The molecule has 4 atom stereocenters. The van der Waals surface area contributed by atoms with Crippen LogP contribution in [0.15, 0.2) is 59.1 Å². The lowest BCUT2D eigenvalue weighted by Crippen LogP contribution is -2.63. The summed E-state index contributed by atoms with van der Waals surface area (Å²) in [7, 11) is -4.67. The number of rotatable bonds is 9.